The summed E-state index contributed by atoms with van der Waals surface area (Å²) in [4.78, 5) is 8.51. The molecule has 16 heavy (non-hydrogen) atoms. The van der Waals surface area contributed by atoms with E-state index in [0.29, 0.717) is 5.82 Å². The maximum absolute atomic E-state index is 5.57. The van der Waals surface area contributed by atoms with Crippen molar-refractivity contribution in [1.29, 1.82) is 0 Å². The van der Waals surface area contributed by atoms with Gasteiger partial charge in [0.15, 0.2) is 5.82 Å². The predicted molar refractivity (Wildman–Crippen MR) is 60.5 cm³/mol. The first-order valence-corrected chi connectivity index (χ1v) is 4.83. The lowest BCUT2D eigenvalue weighted by atomic mass is 10.4. The first kappa shape index (κ1) is 8.90. The van der Waals surface area contributed by atoms with E-state index in [-0.39, 0.29) is 0 Å². The highest BCUT2D eigenvalue weighted by Gasteiger charge is 2.11. The molecule has 0 amide bonds. The molecule has 3 N–H and O–H groups in total. The maximum Gasteiger partial charge on any atom is 0.159 e. The summed E-state index contributed by atoms with van der Waals surface area (Å²) in [5.41, 5.74) is 8.25. The number of aromatic amines is 1. The molecule has 3 aromatic heterocycles. The molecule has 3 aromatic rings. The standard InChI is InChI=1S/C10H10N6/c1-16-8-2-3-12-5-7(8)13-10(16)6-4-9(11)15-14-6/h2-5H,1H3,(H3,11,14,15). The van der Waals surface area contributed by atoms with Crippen molar-refractivity contribution in [1.82, 2.24) is 24.7 Å². The Labute approximate surface area is 91.1 Å². The Kier molecular flexibility index (Phi) is 1.70. The van der Waals surface area contributed by atoms with Crippen LogP contribution in [0.5, 0.6) is 0 Å². The molecular formula is C10H10N6. The molecule has 3 rings (SSSR count). The van der Waals surface area contributed by atoms with Gasteiger partial charge in [-0.25, -0.2) is 4.98 Å². The minimum atomic E-state index is 0.459. The van der Waals surface area contributed by atoms with Gasteiger partial charge in [-0.3, -0.25) is 10.1 Å². The lowest BCUT2D eigenvalue weighted by Gasteiger charge is -1.97. The fourth-order valence-corrected chi connectivity index (χ4v) is 1.74. The summed E-state index contributed by atoms with van der Waals surface area (Å²) in [7, 11) is 1.95. The number of rotatable bonds is 1. The largest absolute Gasteiger partial charge is 0.382 e. The second-order valence-electron chi connectivity index (χ2n) is 3.57. The fourth-order valence-electron chi connectivity index (χ4n) is 1.74. The molecular weight excluding hydrogens is 204 g/mol. The minimum Gasteiger partial charge on any atom is -0.382 e. The topological polar surface area (TPSA) is 85.4 Å². The molecule has 0 fully saturated rings. The monoisotopic (exact) mass is 214 g/mol. The van der Waals surface area contributed by atoms with E-state index in [4.69, 9.17) is 5.73 Å². The highest BCUT2D eigenvalue weighted by atomic mass is 15.2. The summed E-state index contributed by atoms with van der Waals surface area (Å²) in [6, 6.07) is 3.68. The van der Waals surface area contributed by atoms with Crippen molar-refractivity contribution < 1.29 is 0 Å². The Morgan fingerprint density at radius 1 is 1.44 bits per heavy atom. The van der Waals surface area contributed by atoms with Crippen LogP contribution in [0.2, 0.25) is 0 Å². The average Bonchev–Trinajstić information content (AvgIpc) is 2.84. The Morgan fingerprint density at radius 3 is 3.00 bits per heavy atom. The predicted octanol–water partition coefficient (Wildman–Crippen LogP) is 0.941. The van der Waals surface area contributed by atoms with Gasteiger partial charge in [-0.1, -0.05) is 0 Å². The lowest BCUT2D eigenvalue weighted by Crippen LogP contribution is -1.92. The van der Waals surface area contributed by atoms with Gasteiger partial charge in [0, 0.05) is 19.3 Å². The summed E-state index contributed by atoms with van der Waals surface area (Å²) in [6.07, 6.45) is 3.48. The number of nitrogens with one attached hydrogen (secondary N) is 1. The number of H-pyrrole nitrogens is 1. The summed E-state index contributed by atoms with van der Waals surface area (Å²) in [5, 5.41) is 6.73. The van der Waals surface area contributed by atoms with Crippen molar-refractivity contribution in [2.75, 3.05) is 5.73 Å². The van der Waals surface area contributed by atoms with Crippen LogP contribution in [-0.2, 0) is 7.05 Å². The van der Waals surface area contributed by atoms with Gasteiger partial charge in [-0.05, 0) is 6.07 Å². The van der Waals surface area contributed by atoms with Crippen LogP contribution in [0, 0.1) is 0 Å². The Balaban J connectivity index is 2.28. The summed E-state index contributed by atoms with van der Waals surface area (Å²) < 4.78 is 1.98. The molecule has 3 heterocycles. The van der Waals surface area contributed by atoms with E-state index in [1.54, 1.807) is 18.5 Å². The van der Waals surface area contributed by atoms with E-state index in [2.05, 4.69) is 20.2 Å². The van der Waals surface area contributed by atoms with E-state index in [0.717, 1.165) is 22.6 Å². The van der Waals surface area contributed by atoms with Gasteiger partial charge < -0.3 is 10.3 Å². The fraction of sp³-hybridized carbons (Fsp3) is 0.100. The quantitative estimate of drug-likeness (QED) is 0.631. The zero-order chi connectivity index (χ0) is 11.1. The number of aryl methyl sites for hydroxylation is 1. The molecule has 6 nitrogen and oxygen atoms in total. The highest BCUT2D eigenvalue weighted by Crippen LogP contribution is 2.21. The second-order valence-corrected chi connectivity index (χ2v) is 3.57. The number of fused-ring (bicyclic) bond motifs is 1. The average molecular weight is 214 g/mol. The second kappa shape index (κ2) is 3.06. The number of hydrogen-bond acceptors (Lipinski definition) is 4. The summed E-state index contributed by atoms with van der Waals surface area (Å²) >= 11 is 0. The molecule has 0 radical (unpaired) electrons. The Hall–Kier alpha value is -2.37. The first-order valence-electron chi connectivity index (χ1n) is 4.83. The van der Waals surface area contributed by atoms with Crippen LogP contribution >= 0.6 is 0 Å². The maximum atomic E-state index is 5.57. The molecule has 0 spiro atoms. The van der Waals surface area contributed by atoms with E-state index in [9.17, 15) is 0 Å². The number of nitrogens with two attached hydrogens (primary N) is 1. The normalized spacial score (nSPS) is 11.1. The molecule has 0 unspecified atom stereocenters. The number of nitrogen functional groups attached to an aromatic ring is 1. The van der Waals surface area contributed by atoms with Crippen LogP contribution in [0.15, 0.2) is 24.5 Å². The van der Waals surface area contributed by atoms with Crippen molar-refractivity contribution in [3.05, 3.63) is 24.5 Å². The number of nitrogens with zero attached hydrogens (tertiary/aromatic N) is 4. The van der Waals surface area contributed by atoms with Gasteiger partial charge in [0.25, 0.3) is 0 Å². The zero-order valence-electron chi connectivity index (χ0n) is 8.68. The SMILES string of the molecule is Cn1c(-c2cc(N)n[nH]2)nc2cnccc21. The van der Waals surface area contributed by atoms with E-state index in [1.165, 1.54) is 0 Å². The van der Waals surface area contributed by atoms with Crippen LogP contribution in [0.3, 0.4) is 0 Å². The van der Waals surface area contributed by atoms with Gasteiger partial charge in [-0.2, -0.15) is 5.10 Å². The van der Waals surface area contributed by atoms with Crippen LogP contribution < -0.4 is 5.73 Å². The third-order valence-electron chi connectivity index (χ3n) is 2.52. The first-order chi connectivity index (χ1) is 7.75. The molecule has 0 bridgehead atoms. The Bertz CT molecular complexity index is 650. The number of hydrogen-bond donors (Lipinski definition) is 2. The smallest absolute Gasteiger partial charge is 0.159 e. The lowest BCUT2D eigenvalue weighted by molar-refractivity contribution is 0.944. The minimum absolute atomic E-state index is 0.459. The molecule has 0 aliphatic carbocycles. The van der Waals surface area contributed by atoms with E-state index < -0.39 is 0 Å². The number of anilines is 1. The van der Waals surface area contributed by atoms with Gasteiger partial charge in [0.1, 0.15) is 17.0 Å². The van der Waals surface area contributed by atoms with E-state index in [1.807, 2.05) is 17.7 Å². The van der Waals surface area contributed by atoms with Crippen molar-refractivity contribution in [2.45, 2.75) is 0 Å². The number of aromatic nitrogens is 5. The van der Waals surface area contributed by atoms with Crippen LogP contribution in [0.4, 0.5) is 5.82 Å². The third-order valence-corrected chi connectivity index (χ3v) is 2.52. The summed E-state index contributed by atoms with van der Waals surface area (Å²) in [6.45, 7) is 0. The van der Waals surface area contributed by atoms with Crippen LogP contribution in [-0.4, -0.2) is 24.7 Å². The van der Waals surface area contributed by atoms with Gasteiger partial charge in [-0.15, -0.1) is 0 Å². The number of imidazole rings is 1. The molecule has 0 saturated heterocycles. The molecule has 0 atom stereocenters. The van der Waals surface area contributed by atoms with Crippen LogP contribution in [0.1, 0.15) is 0 Å². The highest BCUT2D eigenvalue weighted by molar-refractivity contribution is 5.79. The molecule has 0 aliphatic rings. The third kappa shape index (κ3) is 1.16. The summed E-state index contributed by atoms with van der Waals surface area (Å²) in [5.74, 6) is 1.26. The van der Waals surface area contributed by atoms with Gasteiger partial charge in [0.05, 0.1) is 11.7 Å². The van der Waals surface area contributed by atoms with Crippen molar-refractivity contribution >= 4 is 16.9 Å². The van der Waals surface area contributed by atoms with Crippen molar-refractivity contribution in [2.24, 2.45) is 7.05 Å². The zero-order valence-corrected chi connectivity index (χ0v) is 8.68. The number of pyridine rings is 1. The van der Waals surface area contributed by atoms with Crippen LogP contribution in [0.25, 0.3) is 22.6 Å². The molecule has 0 saturated carbocycles. The molecule has 0 aliphatic heterocycles. The Morgan fingerprint density at radius 2 is 2.31 bits per heavy atom. The van der Waals surface area contributed by atoms with Crippen molar-refractivity contribution in [3.63, 3.8) is 0 Å². The molecule has 0 aromatic carbocycles. The van der Waals surface area contributed by atoms with E-state index >= 15 is 0 Å². The van der Waals surface area contributed by atoms with Gasteiger partial charge >= 0.3 is 0 Å². The molecule has 6 heteroatoms. The molecule has 80 valence electrons. The van der Waals surface area contributed by atoms with Gasteiger partial charge in [0.2, 0.25) is 0 Å². The van der Waals surface area contributed by atoms with Crippen molar-refractivity contribution in [3.8, 4) is 11.5 Å².